The van der Waals surface area contributed by atoms with Crippen LogP contribution in [0.25, 0.3) is 0 Å². The summed E-state index contributed by atoms with van der Waals surface area (Å²) >= 11 is 0. The van der Waals surface area contributed by atoms with Crippen molar-refractivity contribution < 1.29 is 9.53 Å². The first-order chi connectivity index (χ1) is 9.10. The summed E-state index contributed by atoms with van der Waals surface area (Å²) in [6.07, 6.45) is 2.41. The Labute approximate surface area is 115 Å². The second-order valence-electron chi connectivity index (χ2n) is 5.27. The molecule has 0 saturated heterocycles. The Morgan fingerprint density at radius 2 is 1.89 bits per heavy atom. The number of hydrogen-bond acceptors (Lipinski definition) is 3. The van der Waals surface area contributed by atoms with Crippen molar-refractivity contribution in [1.29, 1.82) is 0 Å². The van der Waals surface area contributed by atoms with Crippen LogP contribution in [-0.4, -0.2) is 49.5 Å². The van der Waals surface area contributed by atoms with Gasteiger partial charge in [0.2, 0.25) is 5.91 Å². The minimum Gasteiger partial charge on any atom is -0.497 e. The summed E-state index contributed by atoms with van der Waals surface area (Å²) in [5.74, 6) is 1.03. The minimum atomic E-state index is 0.167. The van der Waals surface area contributed by atoms with Gasteiger partial charge in [0.25, 0.3) is 0 Å². The molecule has 4 nitrogen and oxygen atoms in total. The lowest BCUT2D eigenvalue weighted by atomic mass is 10.2. The van der Waals surface area contributed by atoms with E-state index in [1.165, 1.54) is 18.4 Å². The summed E-state index contributed by atoms with van der Waals surface area (Å²) in [6.45, 7) is 1.33. The topological polar surface area (TPSA) is 32.8 Å². The van der Waals surface area contributed by atoms with E-state index in [1.807, 2.05) is 12.1 Å². The van der Waals surface area contributed by atoms with E-state index in [2.05, 4.69) is 17.0 Å². The van der Waals surface area contributed by atoms with Crippen LogP contribution in [0.2, 0.25) is 0 Å². The van der Waals surface area contributed by atoms with Gasteiger partial charge in [0.1, 0.15) is 5.75 Å². The lowest BCUT2D eigenvalue weighted by molar-refractivity contribution is -0.130. The number of benzene rings is 1. The van der Waals surface area contributed by atoms with Crippen molar-refractivity contribution in [2.24, 2.45) is 0 Å². The van der Waals surface area contributed by atoms with Crippen molar-refractivity contribution in [3.8, 4) is 5.75 Å². The van der Waals surface area contributed by atoms with E-state index in [0.717, 1.165) is 12.3 Å². The van der Waals surface area contributed by atoms with E-state index in [0.29, 0.717) is 12.6 Å². The number of likely N-dealkylation sites (N-methyl/N-ethyl adjacent to an activating group) is 1. The second kappa shape index (κ2) is 6.06. The molecule has 0 heterocycles. The average molecular weight is 262 g/mol. The van der Waals surface area contributed by atoms with Gasteiger partial charge in [0.05, 0.1) is 13.7 Å². The highest BCUT2D eigenvalue weighted by Gasteiger charge is 2.30. The van der Waals surface area contributed by atoms with Gasteiger partial charge in [-0.05, 0) is 30.5 Å². The van der Waals surface area contributed by atoms with Gasteiger partial charge in [0, 0.05) is 26.7 Å². The molecule has 1 aromatic rings. The molecule has 0 atom stereocenters. The maximum atomic E-state index is 11.8. The van der Waals surface area contributed by atoms with Gasteiger partial charge in [0.15, 0.2) is 0 Å². The Bertz CT molecular complexity index is 424. The quantitative estimate of drug-likeness (QED) is 0.783. The van der Waals surface area contributed by atoms with Crippen LogP contribution in [-0.2, 0) is 11.3 Å². The molecular formula is C15H22N2O2. The minimum absolute atomic E-state index is 0.167. The van der Waals surface area contributed by atoms with Crippen molar-refractivity contribution in [3.63, 3.8) is 0 Å². The highest BCUT2D eigenvalue weighted by atomic mass is 16.5. The van der Waals surface area contributed by atoms with Crippen molar-refractivity contribution in [2.75, 3.05) is 27.7 Å². The number of nitrogens with zero attached hydrogens (tertiary/aromatic N) is 2. The highest BCUT2D eigenvalue weighted by molar-refractivity contribution is 5.77. The average Bonchev–Trinajstić information content (AvgIpc) is 3.23. The van der Waals surface area contributed by atoms with E-state index in [-0.39, 0.29) is 5.91 Å². The zero-order valence-electron chi connectivity index (χ0n) is 11.9. The second-order valence-corrected chi connectivity index (χ2v) is 5.27. The molecule has 0 radical (unpaired) electrons. The number of amides is 1. The fourth-order valence-electron chi connectivity index (χ4n) is 2.03. The summed E-state index contributed by atoms with van der Waals surface area (Å²) in [7, 11) is 5.28. The molecule has 1 aliphatic rings. The molecule has 2 rings (SSSR count). The van der Waals surface area contributed by atoms with Crippen molar-refractivity contribution in [3.05, 3.63) is 29.8 Å². The molecule has 0 aromatic heterocycles. The predicted molar refractivity (Wildman–Crippen MR) is 75.1 cm³/mol. The number of methoxy groups -OCH3 is 1. The number of hydrogen-bond donors (Lipinski definition) is 0. The third-order valence-corrected chi connectivity index (χ3v) is 3.45. The molecule has 1 aliphatic carbocycles. The lowest BCUT2D eigenvalue weighted by Crippen LogP contribution is -2.37. The Hall–Kier alpha value is -1.55. The van der Waals surface area contributed by atoms with Crippen LogP contribution in [0.15, 0.2) is 24.3 Å². The largest absolute Gasteiger partial charge is 0.497 e. The molecular weight excluding hydrogens is 240 g/mol. The summed E-state index contributed by atoms with van der Waals surface area (Å²) in [6, 6.07) is 8.64. The van der Waals surface area contributed by atoms with Crippen molar-refractivity contribution in [1.82, 2.24) is 9.80 Å². The molecule has 0 spiro atoms. The van der Waals surface area contributed by atoms with E-state index >= 15 is 0 Å². The van der Waals surface area contributed by atoms with Crippen LogP contribution in [0.4, 0.5) is 0 Å². The van der Waals surface area contributed by atoms with Crippen LogP contribution in [0.1, 0.15) is 18.4 Å². The number of carbonyl (C=O) groups excluding carboxylic acids is 1. The third kappa shape index (κ3) is 3.96. The van der Waals surface area contributed by atoms with E-state index in [4.69, 9.17) is 4.74 Å². The summed E-state index contributed by atoms with van der Waals surface area (Å²) in [5, 5.41) is 0. The van der Waals surface area contributed by atoms with Gasteiger partial charge in [-0.1, -0.05) is 12.1 Å². The van der Waals surface area contributed by atoms with Crippen LogP contribution in [0.5, 0.6) is 5.75 Å². The smallest absolute Gasteiger partial charge is 0.236 e. The third-order valence-electron chi connectivity index (χ3n) is 3.45. The maximum Gasteiger partial charge on any atom is 0.236 e. The zero-order chi connectivity index (χ0) is 13.8. The van der Waals surface area contributed by atoms with Gasteiger partial charge >= 0.3 is 0 Å². The van der Waals surface area contributed by atoms with Crippen LogP contribution in [0, 0.1) is 0 Å². The van der Waals surface area contributed by atoms with Gasteiger partial charge in [-0.25, -0.2) is 0 Å². The number of carbonyl (C=O) groups is 1. The Kier molecular flexibility index (Phi) is 4.43. The first-order valence-electron chi connectivity index (χ1n) is 6.67. The molecule has 1 saturated carbocycles. The van der Waals surface area contributed by atoms with E-state index < -0.39 is 0 Å². The summed E-state index contributed by atoms with van der Waals surface area (Å²) in [4.78, 5) is 15.8. The standard InChI is InChI=1S/C15H22N2O2/c1-16(2)15(18)11-17(13-6-7-13)10-12-4-8-14(19-3)9-5-12/h4-5,8-9,13H,6-7,10-11H2,1-3H3. The molecule has 1 amide bonds. The van der Waals surface area contributed by atoms with Crippen LogP contribution >= 0.6 is 0 Å². The van der Waals surface area contributed by atoms with Gasteiger partial charge in [-0.15, -0.1) is 0 Å². The predicted octanol–water partition coefficient (Wildman–Crippen LogP) is 1.75. The van der Waals surface area contributed by atoms with Gasteiger partial charge in [-0.2, -0.15) is 0 Å². The van der Waals surface area contributed by atoms with E-state index in [9.17, 15) is 4.79 Å². The molecule has 104 valence electrons. The van der Waals surface area contributed by atoms with Crippen molar-refractivity contribution in [2.45, 2.75) is 25.4 Å². The Balaban J connectivity index is 1.97. The molecule has 0 unspecified atom stereocenters. The number of ether oxygens (including phenoxy) is 1. The van der Waals surface area contributed by atoms with Crippen LogP contribution in [0.3, 0.4) is 0 Å². The first-order valence-corrected chi connectivity index (χ1v) is 6.67. The Morgan fingerprint density at radius 1 is 1.26 bits per heavy atom. The zero-order valence-corrected chi connectivity index (χ0v) is 11.9. The van der Waals surface area contributed by atoms with Crippen LogP contribution < -0.4 is 4.74 Å². The fourth-order valence-corrected chi connectivity index (χ4v) is 2.03. The highest BCUT2D eigenvalue weighted by Crippen LogP contribution is 2.28. The van der Waals surface area contributed by atoms with Gasteiger partial charge < -0.3 is 9.64 Å². The molecule has 19 heavy (non-hydrogen) atoms. The first kappa shape index (κ1) is 13.9. The Morgan fingerprint density at radius 3 is 2.37 bits per heavy atom. The monoisotopic (exact) mass is 262 g/mol. The molecule has 0 bridgehead atoms. The molecule has 4 heteroatoms. The SMILES string of the molecule is COc1ccc(CN(CC(=O)N(C)C)C2CC2)cc1. The molecule has 0 aliphatic heterocycles. The normalized spacial score (nSPS) is 14.5. The summed E-state index contributed by atoms with van der Waals surface area (Å²) < 4.78 is 5.16. The lowest BCUT2D eigenvalue weighted by Gasteiger charge is -2.23. The molecule has 1 fully saturated rings. The number of rotatable bonds is 6. The maximum absolute atomic E-state index is 11.8. The molecule has 1 aromatic carbocycles. The van der Waals surface area contributed by atoms with E-state index in [1.54, 1.807) is 26.1 Å². The van der Waals surface area contributed by atoms with Gasteiger partial charge in [-0.3, -0.25) is 9.69 Å². The van der Waals surface area contributed by atoms with Crippen molar-refractivity contribution >= 4 is 5.91 Å². The molecule has 0 N–H and O–H groups in total. The fraction of sp³-hybridized carbons (Fsp3) is 0.533. The summed E-state index contributed by atoms with van der Waals surface area (Å²) in [5.41, 5.74) is 1.22.